The highest BCUT2D eigenvalue weighted by Crippen LogP contribution is 2.45. The first kappa shape index (κ1) is 20.7. The van der Waals surface area contributed by atoms with Crippen molar-refractivity contribution >= 4 is 35.8 Å². The second kappa shape index (κ2) is 9.36. The van der Waals surface area contributed by atoms with Gasteiger partial charge in [-0.3, -0.25) is 5.09 Å². The van der Waals surface area contributed by atoms with Gasteiger partial charge in [0.2, 0.25) is 0 Å². The van der Waals surface area contributed by atoms with Gasteiger partial charge in [-0.1, -0.05) is 36.4 Å². The van der Waals surface area contributed by atoms with Gasteiger partial charge in [-0.25, -0.2) is 0 Å². The molecule has 0 aromatic heterocycles. The maximum absolute atomic E-state index is 6.06. The summed E-state index contributed by atoms with van der Waals surface area (Å²) in [4.78, 5) is 2.08. The molecule has 0 aliphatic carbocycles. The van der Waals surface area contributed by atoms with Gasteiger partial charge in [0.1, 0.15) is 11.5 Å². The number of hydrogen-bond donors (Lipinski definition) is 1. The van der Waals surface area contributed by atoms with Crippen LogP contribution in [0.15, 0.2) is 60.7 Å². The van der Waals surface area contributed by atoms with Crippen LogP contribution < -0.4 is 14.1 Å². The first-order valence-corrected chi connectivity index (χ1v) is 11.6. The molecule has 7 heteroatoms. The summed E-state index contributed by atoms with van der Waals surface area (Å²) in [6.45, 7) is 5.41. The van der Waals surface area contributed by atoms with Gasteiger partial charge in [0.15, 0.2) is 5.11 Å². The Morgan fingerprint density at radius 3 is 1.58 bits per heavy atom. The highest BCUT2D eigenvalue weighted by atomic mass is 32.5. The van der Waals surface area contributed by atoms with Gasteiger partial charge in [0.25, 0.3) is 0 Å². The number of rotatable bonds is 7. The molecule has 0 fully saturated rings. The maximum Gasteiger partial charge on any atom is 0.394 e. The Morgan fingerprint density at radius 2 is 1.23 bits per heavy atom. The van der Waals surface area contributed by atoms with E-state index in [9.17, 15) is 0 Å². The summed E-state index contributed by atoms with van der Waals surface area (Å²) in [5.41, 5.74) is 0. The van der Waals surface area contributed by atoms with Crippen LogP contribution in [0.1, 0.15) is 27.7 Å². The standard InChI is InChI=1S/C19H25N2O2PS2/c1-15(2)21(16(3)4)19(25)20-24(26,22-17-11-7-5-8-12-17)23-18-13-9-6-10-14-18/h5-16H,1-4H3,(H,20,25,26). The second-order valence-corrected chi connectivity index (χ2v) is 9.73. The van der Waals surface area contributed by atoms with Crippen molar-refractivity contribution in [3.63, 3.8) is 0 Å². The van der Waals surface area contributed by atoms with Crippen LogP contribution >= 0.6 is 18.9 Å². The fourth-order valence-corrected chi connectivity index (χ4v) is 5.55. The average Bonchev–Trinajstić information content (AvgIpc) is 2.55. The molecule has 2 rings (SSSR count). The van der Waals surface area contributed by atoms with Crippen LogP contribution in [0.5, 0.6) is 11.5 Å². The molecule has 0 atom stereocenters. The predicted molar refractivity (Wildman–Crippen MR) is 116 cm³/mol. The first-order chi connectivity index (χ1) is 12.3. The minimum Gasteiger partial charge on any atom is -0.421 e. The SMILES string of the molecule is CC(C)N(C(=S)NP(=S)(Oc1ccccc1)Oc1ccccc1)C(C)C. The fraction of sp³-hybridized carbons (Fsp3) is 0.316. The summed E-state index contributed by atoms with van der Waals surface area (Å²) in [5, 5.41) is 3.72. The highest BCUT2D eigenvalue weighted by Gasteiger charge is 2.28. The molecule has 26 heavy (non-hydrogen) atoms. The van der Waals surface area contributed by atoms with Crippen LogP contribution in [-0.4, -0.2) is 22.1 Å². The monoisotopic (exact) mass is 408 g/mol. The van der Waals surface area contributed by atoms with Crippen molar-refractivity contribution in [1.82, 2.24) is 9.99 Å². The molecule has 0 unspecified atom stereocenters. The van der Waals surface area contributed by atoms with E-state index in [0.29, 0.717) is 16.6 Å². The Labute approximate surface area is 166 Å². The van der Waals surface area contributed by atoms with E-state index >= 15 is 0 Å². The number of para-hydroxylation sites is 2. The Morgan fingerprint density at radius 1 is 0.846 bits per heavy atom. The molecular weight excluding hydrogens is 383 g/mol. The molecule has 140 valence electrons. The number of thiocarbonyl (C=S) groups is 1. The van der Waals surface area contributed by atoms with Crippen LogP contribution in [0, 0.1) is 0 Å². The van der Waals surface area contributed by atoms with E-state index in [-0.39, 0.29) is 12.1 Å². The summed E-state index contributed by atoms with van der Waals surface area (Å²) in [5.74, 6) is 1.28. The molecule has 0 saturated carbocycles. The zero-order chi connectivity index (χ0) is 19.2. The summed E-state index contributed by atoms with van der Waals surface area (Å²) in [6.07, 6.45) is 0. The van der Waals surface area contributed by atoms with E-state index in [1.54, 1.807) is 0 Å². The van der Waals surface area contributed by atoms with Crippen molar-refractivity contribution in [3.8, 4) is 11.5 Å². The van der Waals surface area contributed by atoms with Crippen LogP contribution in [0.4, 0.5) is 0 Å². The third kappa shape index (κ3) is 5.97. The predicted octanol–water partition coefficient (Wildman–Crippen LogP) is 5.36. The maximum atomic E-state index is 6.06. The lowest BCUT2D eigenvalue weighted by Crippen LogP contribution is -2.47. The zero-order valence-electron chi connectivity index (χ0n) is 15.5. The fourth-order valence-electron chi connectivity index (χ4n) is 2.54. The Bertz CT molecular complexity index is 701. The number of benzene rings is 2. The molecule has 0 saturated heterocycles. The molecule has 0 spiro atoms. The van der Waals surface area contributed by atoms with Gasteiger partial charge < -0.3 is 13.9 Å². The molecule has 4 nitrogen and oxygen atoms in total. The van der Waals surface area contributed by atoms with Crippen molar-refractivity contribution in [2.24, 2.45) is 0 Å². The molecule has 0 heterocycles. The van der Waals surface area contributed by atoms with Crippen LogP contribution in [0.25, 0.3) is 0 Å². The second-order valence-electron chi connectivity index (χ2n) is 6.32. The van der Waals surface area contributed by atoms with E-state index in [2.05, 4.69) is 37.7 Å². The minimum absolute atomic E-state index is 0.229. The van der Waals surface area contributed by atoms with E-state index < -0.39 is 6.64 Å². The summed E-state index contributed by atoms with van der Waals surface area (Å²) >= 11 is 11.4. The summed E-state index contributed by atoms with van der Waals surface area (Å²) in [6, 6.07) is 19.3. The largest absolute Gasteiger partial charge is 0.421 e. The summed E-state index contributed by atoms with van der Waals surface area (Å²) < 4.78 is 12.1. The zero-order valence-corrected chi connectivity index (χ0v) is 18.0. The number of nitrogens with zero attached hydrogens (tertiary/aromatic N) is 1. The van der Waals surface area contributed by atoms with Crippen molar-refractivity contribution in [2.45, 2.75) is 39.8 Å². The molecule has 0 bridgehead atoms. The van der Waals surface area contributed by atoms with E-state index in [1.807, 2.05) is 60.7 Å². The molecule has 0 aliphatic heterocycles. The van der Waals surface area contributed by atoms with E-state index in [4.69, 9.17) is 33.1 Å². The van der Waals surface area contributed by atoms with Crippen LogP contribution in [0.2, 0.25) is 0 Å². The quantitative estimate of drug-likeness (QED) is 0.491. The third-order valence-electron chi connectivity index (χ3n) is 3.52. The smallest absolute Gasteiger partial charge is 0.394 e. The van der Waals surface area contributed by atoms with Crippen molar-refractivity contribution in [2.75, 3.05) is 0 Å². The van der Waals surface area contributed by atoms with Crippen molar-refractivity contribution in [1.29, 1.82) is 0 Å². The lowest BCUT2D eigenvalue weighted by molar-refractivity contribution is 0.291. The molecule has 0 amide bonds. The number of hydrogen-bond acceptors (Lipinski definition) is 4. The molecule has 1 N–H and O–H groups in total. The highest BCUT2D eigenvalue weighted by molar-refractivity contribution is 8.09. The normalized spacial score (nSPS) is 11.3. The van der Waals surface area contributed by atoms with E-state index in [1.165, 1.54) is 0 Å². The Balaban J connectivity index is 2.27. The summed E-state index contributed by atoms with van der Waals surface area (Å²) in [7, 11) is 0. The van der Waals surface area contributed by atoms with Gasteiger partial charge >= 0.3 is 6.64 Å². The topological polar surface area (TPSA) is 33.7 Å². The van der Waals surface area contributed by atoms with Gasteiger partial charge in [0, 0.05) is 23.9 Å². The Kier molecular flexibility index (Phi) is 7.44. The number of nitrogens with one attached hydrogen (secondary N) is 1. The Hall–Kier alpha value is -1.62. The van der Waals surface area contributed by atoms with Gasteiger partial charge in [-0.2, -0.15) is 0 Å². The van der Waals surface area contributed by atoms with Crippen molar-refractivity contribution < 1.29 is 9.05 Å². The molecule has 0 aliphatic rings. The van der Waals surface area contributed by atoms with E-state index in [0.717, 1.165) is 0 Å². The lowest BCUT2D eigenvalue weighted by Gasteiger charge is -2.35. The van der Waals surface area contributed by atoms with Crippen LogP contribution in [-0.2, 0) is 11.8 Å². The third-order valence-corrected chi connectivity index (χ3v) is 6.09. The minimum atomic E-state index is -2.95. The lowest BCUT2D eigenvalue weighted by atomic mass is 10.2. The molecular formula is C19H25N2O2PS2. The molecule has 2 aromatic carbocycles. The van der Waals surface area contributed by atoms with Crippen molar-refractivity contribution in [3.05, 3.63) is 60.7 Å². The van der Waals surface area contributed by atoms with Gasteiger partial charge in [-0.15, -0.1) is 0 Å². The van der Waals surface area contributed by atoms with Gasteiger partial charge in [-0.05, 0) is 64.2 Å². The van der Waals surface area contributed by atoms with Crippen LogP contribution in [0.3, 0.4) is 0 Å². The average molecular weight is 409 g/mol. The molecule has 0 radical (unpaired) electrons. The first-order valence-electron chi connectivity index (χ1n) is 8.50. The molecule has 2 aromatic rings. The van der Waals surface area contributed by atoms with Gasteiger partial charge in [0.05, 0.1) is 0 Å².